The number of hydrogen-bond acceptors (Lipinski definition) is 2. The molecule has 0 spiro atoms. The van der Waals surface area contributed by atoms with Crippen molar-refractivity contribution in [3.05, 3.63) is 36.1 Å². The summed E-state index contributed by atoms with van der Waals surface area (Å²) >= 11 is 0. The summed E-state index contributed by atoms with van der Waals surface area (Å²) in [6.07, 6.45) is 10.2. The fourth-order valence-electron chi connectivity index (χ4n) is 0.882. The number of hydrogen-bond donors (Lipinski definition) is 0. The Labute approximate surface area is 67.0 Å². The summed E-state index contributed by atoms with van der Waals surface area (Å²) in [6, 6.07) is 0. The first-order valence-corrected chi connectivity index (χ1v) is 3.69. The Hall–Kier alpha value is -1.18. The predicted molar refractivity (Wildman–Crippen MR) is 46.3 cm³/mol. The van der Waals surface area contributed by atoms with E-state index in [9.17, 15) is 0 Å². The minimum atomic E-state index is 0.496. The van der Waals surface area contributed by atoms with Gasteiger partial charge in [-0.05, 0) is 18.1 Å². The maximum absolute atomic E-state index is 3.93. The summed E-state index contributed by atoms with van der Waals surface area (Å²) in [7, 11) is 1.67. The molecule has 0 fully saturated rings. The zero-order valence-electron chi connectivity index (χ0n) is 6.86. The largest absolute Gasteiger partial charge is 0.192 e. The Morgan fingerprint density at radius 2 is 2.18 bits per heavy atom. The maximum atomic E-state index is 3.93. The Balaban J connectivity index is 2.76. The molecule has 1 unspecified atom stereocenters. The van der Waals surface area contributed by atoms with Gasteiger partial charge in [-0.3, -0.25) is 0 Å². The molecule has 1 atom stereocenters. The highest BCUT2D eigenvalue weighted by atomic mass is 15.1. The zero-order chi connectivity index (χ0) is 8.10. The van der Waals surface area contributed by atoms with Crippen LogP contribution in [0.1, 0.15) is 6.92 Å². The van der Waals surface area contributed by atoms with Crippen LogP contribution in [0.4, 0.5) is 0 Å². The summed E-state index contributed by atoms with van der Waals surface area (Å²) in [5, 5.41) is 7.62. The molecule has 58 valence electrons. The van der Waals surface area contributed by atoms with Crippen LogP contribution in [0.2, 0.25) is 0 Å². The van der Waals surface area contributed by atoms with Crippen molar-refractivity contribution in [2.24, 2.45) is 16.1 Å². The van der Waals surface area contributed by atoms with Gasteiger partial charge in [-0.2, -0.15) is 10.2 Å². The quantitative estimate of drug-likeness (QED) is 0.511. The lowest BCUT2D eigenvalue weighted by Gasteiger charge is -1.91. The van der Waals surface area contributed by atoms with Crippen molar-refractivity contribution in [3.8, 4) is 0 Å². The van der Waals surface area contributed by atoms with Gasteiger partial charge < -0.3 is 0 Å². The third-order valence-electron chi connectivity index (χ3n) is 1.47. The molecule has 0 N–H and O–H groups in total. The van der Waals surface area contributed by atoms with E-state index in [4.69, 9.17) is 0 Å². The second-order valence-electron chi connectivity index (χ2n) is 2.49. The molecule has 0 aliphatic heterocycles. The summed E-state index contributed by atoms with van der Waals surface area (Å²) < 4.78 is 0. The van der Waals surface area contributed by atoms with Gasteiger partial charge in [-0.25, -0.2) is 0 Å². The zero-order valence-corrected chi connectivity index (χ0v) is 6.86. The average Bonchev–Trinajstić information content (AvgIpc) is 2.17. The second-order valence-corrected chi connectivity index (χ2v) is 2.49. The fraction of sp³-hybridized carbons (Fsp3) is 0.333. The molecule has 1 rings (SSSR count). The van der Waals surface area contributed by atoms with Gasteiger partial charge in [0.2, 0.25) is 0 Å². The van der Waals surface area contributed by atoms with Gasteiger partial charge in [0.25, 0.3) is 0 Å². The van der Waals surface area contributed by atoms with Crippen molar-refractivity contribution in [2.75, 3.05) is 7.05 Å². The average molecular weight is 148 g/mol. The van der Waals surface area contributed by atoms with E-state index < -0.39 is 0 Å². The van der Waals surface area contributed by atoms with Crippen molar-refractivity contribution < 1.29 is 0 Å². The third-order valence-corrected chi connectivity index (χ3v) is 1.47. The lowest BCUT2D eigenvalue weighted by molar-refractivity contribution is 0.940. The standard InChI is InChI=1S/C9H12N2/c1-8-4-3-5-9(7-6-8)11-10-2/h3-8H,1-2H3. The molecule has 0 saturated carbocycles. The van der Waals surface area contributed by atoms with Gasteiger partial charge in [0.15, 0.2) is 0 Å². The highest BCUT2D eigenvalue weighted by Crippen LogP contribution is 2.10. The van der Waals surface area contributed by atoms with Crippen LogP contribution in [0.15, 0.2) is 46.3 Å². The van der Waals surface area contributed by atoms with E-state index in [1.165, 1.54) is 0 Å². The van der Waals surface area contributed by atoms with E-state index in [1.807, 2.05) is 18.2 Å². The maximum Gasteiger partial charge on any atom is 0.0849 e. The van der Waals surface area contributed by atoms with Crippen molar-refractivity contribution in [3.63, 3.8) is 0 Å². The van der Waals surface area contributed by atoms with Crippen molar-refractivity contribution in [2.45, 2.75) is 6.92 Å². The van der Waals surface area contributed by atoms with Crippen LogP contribution >= 0.6 is 0 Å². The van der Waals surface area contributed by atoms with Crippen LogP contribution in [0.3, 0.4) is 0 Å². The fourth-order valence-corrected chi connectivity index (χ4v) is 0.882. The SMILES string of the molecule is CN=NC1=CC=CC(C)C=C1. The van der Waals surface area contributed by atoms with Gasteiger partial charge in [0.05, 0.1) is 5.70 Å². The third kappa shape index (κ3) is 2.50. The molecule has 2 nitrogen and oxygen atoms in total. The molecule has 0 bridgehead atoms. The van der Waals surface area contributed by atoms with E-state index in [0.717, 1.165) is 5.70 Å². The number of allylic oxidation sites excluding steroid dienone is 5. The van der Waals surface area contributed by atoms with E-state index in [0.29, 0.717) is 5.92 Å². The highest BCUT2D eigenvalue weighted by Gasteiger charge is 1.94. The number of azo groups is 1. The monoisotopic (exact) mass is 148 g/mol. The summed E-state index contributed by atoms with van der Waals surface area (Å²) in [6.45, 7) is 2.13. The Kier molecular flexibility index (Phi) is 2.78. The van der Waals surface area contributed by atoms with Crippen LogP contribution in [0.5, 0.6) is 0 Å². The molecule has 0 radical (unpaired) electrons. The first-order valence-electron chi connectivity index (χ1n) is 3.69. The molecule has 0 heterocycles. The Morgan fingerprint density at radius 3 is 2.91 bits per heavy atom. The number of nitrogens with zero attached hydrogens (tertiary/aromatic N) is 2. The van der Waals surface area contributed by atoms with E-state index in [-0.39, 0.29) is 0 Å². The van der Waals surface area contributed by atoms with Gasteiger partial charge in [0.1, 0.15) is 0 Å². The van der Waals surface area contributed by atoms with E-state index in [1.54, 1.807) is 7.05 Å². The van der Waals surface area contributed by atoms with E-state index in [2.05, 4.69) is 29.3 Å². The van der Waals surface area contributed by atoms with Crippen molar-refractivity contribution >= 4 is 0 Å². The van der Waals surface area contributed by atoms with E-state index >= 15 is 0 Å². The molecule has 0 saturated heterocycles. The molecule has 1 aliphatic carbocycles. The number of rotatable bonds is 1. The normalized spacial score (nSPS) is 23.8. The summed E-state index contributed by atoms with van der Waals surface area (Å²) in [5.74, 6) is 0.496. The predicted octanol–water partition coefficient (Wildman–Crippen LogP) is 2.71. The van der Waals surface area contributed by atoms with Crippen LogP contribution in [0, 0.1) is 5.92 Å². The lowest BCUT2D eigenvalue weighted by atomic mass is 10.2. The van der Waals surface area contributed by atoms with Crippen LogP contribution in [-0.4, -0.2) is 7.05 Å². The Morgan fingerprint density at radius 1 is 1.36 bits per heavy atom. The van der Waals surface area contributed by atoms with Gasteiger partial charge in [0, 0.05) is 7.05 Å². The molecule has 0 aromatic rings. The van der Waals surface area contributed by atoms with Crippen LogP contribution in [-0.2, 0) is 0 Å². The topological polar surface area (TPSA) is 24.7 Å². The first-order chi connectivity index (χ1) is 5.33. The summed E-state index contributed by atoms with van der Waals surface area (Å²) in [5.41, 5.74) is 0.910. The Bertz CT molecular complexity index is 234. The molecule has 2 heteroatoms. The minimum absolute atomic E-state index is 0.496. The van der Waals surface area contributed by atoms with Crippen molar-refractivity contribution in [1.29, 1.82) is 0 Å². The molecule has 0 amide bonds. The van der Waals surface area contributed by atoms with Gasteiger partial charge in [-0.1, -0.05) is 25.2 Å². The van der Waals surface area contributed by atoms with Crippen molar-refractivity contribution in [1.82, 2.24) is 0 Å². The molecule has 11 heavy (non-hydrogen) atoms. The molecule has 0 aromatic carbocycles. The smallest absolute Gasteiger partial charge is 0.0849 e. The van der Waals surface area contributed by atoms with Crippen LogP contribution < -0.4 is 0 Å². The minimum Gasteiger partial charge on any atom is -0.192 e. The second kappa shape index (κ2) is 3.86. The molecular formula is C9H12N2. The summed E-state index contributed by atoms with van der Waals surface area (Å²) in [4.78, 5) is 0. The van der Waals surface area contributed by atoms with Gasteiger partial charge in [-0.15, -0.1) is 0 Å². The molecule has 1 aliphatic rings. The molecular weight excluding hydrogens is 136 g/mol. The molecule has 0 aromatic heterocycles. The first kappa shape index (κ1) is 7.92. The highest BCUT2D eigenvalue weighted by molar-refractivity contribution is 5.26. The lowest BCUT2D eigenvalue weighted by Crippen LogP contribution is -1.78. The van der Waals surface area contributed by atoms with Gasteiger partial charge >= 0.3 is 0 Å². The van der Waals surface area contributed by atoms with Crippen LogP contribution in [0.25, 0.3) is 0 Å².